The third-order valence-electron chi connectivity index (χ3n) is 4.21. The van der Waals surface area contributed by atoms with Crippen LogP contribution in [-0.2, 0) is 9.59 Å². The molecule has 21 heavy (non-hydrogen) atoms. The number of carbonyl (C=O) groups excluding carboxylic acids is 2. The van der Waals surface area contributed by atoms with Gasteiger partial charge >= 0.3 is 12.0 Å². The molecule has 1 saturated heterocycles. The summed E-state index contributed by atoms with van der Waals surface area (Å²) >= 11 is 1.09. The highest BCUT2D eigenvalue weighted by molar-refractivity contribution is 8.13. The van der Waals surface area contributed by atoms with E-state index < -0.39 is 16.5 Å². The Balaban J connectivity index is 2.95. The van der Waals surface area contributed by atoms with Crippen LogP contribution in [0.5, 0.6) is 0 Å². The van der Waals surface area contributed by atoms with Gasteiger partial charge in [0.1, 0.15) is 6.04 Å². The van der Waals surface area contributed by atoms with Gasteiger partial charge in [-0.15, -0.1) is 0 Å². The van der Waals surface area contributed by atoms with Crippen molar-refractivity contribution in [3.8, 4) is 0 Å². The fourth-order valence-electron chi connectivity index (χ4n) is 2.97. The van der Waals surface area contributed by atoms with Crippen LogP contribution in [0.25, 0.3) is 0 Å². The van der Waals surface area contributed by atoms with Crippen molar-refractivity contribution in [3.05, 3.63) is 0 Å². The van der Waals surface area contributed by atoms with Crippen LogP contribution in [-0.4, -0.2) is 51.6 Å². The van der Waals surface area contributed by atoms with E-state index in [0.717, 1.165) is 24.6 Å². The Morgan fingerprint density at radius 2 is 2.10 bits per heavy atom. The average molecular weight is 317 g/mol. The molecule has 0 bridgehead atoms. The quantitative estimate of drug-likeness (QED) is 0.725. The Bertz CT molecular complexity index is 416. The molecule has 1 heterocycles. The molecule has 2 unspecified atom stereocenters. The first-order chi connectivity index (χ1) is 9.86. The maximum absolute atomic E-state index is 12.9. The zero-order valence-electron chi connectivity index (χ0n) is 12.7. The fourth-order valence-corrected chi connectivity index (χ4v) is 3.71. The number of nitrogens with two attached hydrogens (primary N) is 1. The molecule has 2 amide bonds. The van der Waals surface area contributed by atoms with Gasteiger partial charge in [0, 0.05) is 25.5 Å². The third-order valence-corrected chi connectivity index (χ3v) is 5.19. The first kappa shape index (κ1) is 18.1. The Kier molecular flexibility index (Phi) is 6.83. The van der Waals surface area contributed by atoms with Crippen LogP contribution in [0.1, 0.15) is 39.5 Å². The van der Waals surface area contributed by atoms with E-state index in [2.05, 4.69) is 0 Å². The molecule has 0 spiro atoms. The van der Waals surface area contributed by atoms with Crippen molar-refractivity contribution >= 4 is 28.9 Å². The summed E-state index contributed by atoms with van der Waals surface area (Å²) < 4.78 is -0.492. The largest absolute Gasteiger partial charge is 0.521 e. The summed E-state index contributed by atoms with van der Waals surface area (Å²) in [4.78, 5) is 35.8. The van der Waals surface area contributed by atoms with Gasteiger partial charge in [-0.05, 0) is 26.3 Å². The van der Waals surface area contributed by atoms with Crippen LogP contribution in [0, 0.1) is 5.92 Å². The molecule has 1 aliphatic rings. The van der Waals surface area contributed by atoms with Gasteiger partial charge in [-0.1, -0.05) is 11.8 Å². The zero-order chi connectivity index (χ0) is 16.0. The van der Waals surface area contributed by atoms with Gasteiger partial charge in [0.2, 0.25) is 0 Å². The third kappa shape index (κ3) is 4.05. The lowest BCUT2D eigenvalue weighted by Crippen LogP contribution is -2.60. The molecule has 0 saturated carbocycles. The molecular weight excluding hydrogens is 292 g/mol. The van der Waals surface area contributed by atoms with E-state index in [1.165, 1.54) is 6.92 Å². The number of rotatable bonds is 6. The number of quaternary nitrogens is 1. The van der Waals surface area contributed by atoms with E-state index in [1.807, 2.05) is 6.92 Å². The topological polar surface area (TPSA) is 97.5 Å². The van der Waals surface area contributed by atoms with Crippen LogP contribution in [0.4, 0.5) is 4.79 Å². The molecule has 1 fully saturated rings. The smallest absolute Gasteiger partial charge is 0.435 e. The molecule has 6 nitrogen and oxygen atoms in total. The minimum atomic E-state index is -1.07. The van der Waals surface area contributed by atoms with Gasteiger partial charge < -0.3 is 10.8 Å². The normalized spacial score (nSPS) is 26.5. The second-order valence-corrected chi connectivity index (χ2v) is 6.83. The Labute approximate surface area is 129 Å². The van der Waals surface area contributed by atoms with Crippen molar-refractivity contribution in [1.29, 1.82) is 0 Å². The number of amides is 2. The number of likely N-dealkylation sites (tertiary alicyclic amines) is 1. The minimum Gasteiger partial charge on any atom is -0.435 e. The average Bonchev–Trinajstić information content (AvgIpc) is 2.80. The number of hydrogen-bond donors (Lipinski definition) is 2. The van der Waals surface area contributed by atoms with Gasteiger partial charge in [0.05, 0.1) is 12.5 Å². The van der Waals surface area contributed by atoms with Crippen molar-refractivity contribution in [1.82, 2.24) is 0 Å². The van der Waals surface area contributed by atoms with Gasteiger partial charge in [0.15, 0.2) is 5.12 Å². The Hall–Kier alpha value is -0.920. The maximum atomic E-state index is 12.9. The van der Waals surface area contributed by atoms with Crippen molar-refractivity contribution in [2.75, 3.05) is 18.8 Å². The SMILES string of the molecule is CC(=O)SCC(CCCN)C(=O)[N+]1(C(=O)O)CCC[C@H]1C. The molecule has 0 aromatic heterocycles. The van der Waals surface area contributed by atoms with Crippen molar-refractivity contribution < 1.29 is 24.0 Å². The van der Waals surface area contributed by atoms with Gasteiger partial charge in [-0.25, -0.2) is 4.79 Å². The van der Waals surface area contributed by atoms with Gasteiger partial charge in [-0.2, -0.15) is 9.28 Å². The molecule has 1 aliphatic heterocycles. The molecule has 1 rings (SSSR count). The van der Waals surface area contributed by atoms with Crippen molar-refractivity contribution in [3.63, 3.8) is 0 Å². The van der Waals surface area contributed by atoms with Crippen molar-refractivity contribution in [2.45, 2.75) is 45.6 Å². The number of imide groups is 1. The molecule has 0 radical (unpaired) electrons. The zero-order valence-corrected chi connectivity index (χ0v) is 13.5. The van der Waals surface area contributed by atoms with Crippen LogP contribution >= 0.6 is 11.8 Å². The van der Waals surface area contributed by atoms with E-state index in [0.29, 0.717) is 31.7 Å². The van der Waals surface area contributed by atoms with E-state index in [1.54, 1.807) is 0 Å². The molecule has 0 aromatic rings. The highest BCUT2D eigenvalue weighted by Gasteiger charge is 2.54. The molecular formula is C14H25N2O4S+. The van der Waals surface area contributed by atoms with Crippen LogP contribution in [0.2, 0.25) is 0 Å². The summed E-state index contributed by atoms with van der Waals surface area (Å²) in [6, 6.07) is -0.210. The standard InChI is InChI=1S/C14H24N2O4S/c1-10-5-4-8-16(10,14(19)20)13(18)12(6-3-7-15)9-21-11(2)17/h10,12H,3-9,15H2,1-2H3/p+1/t10-,12?,16?/m1/s1. The molecule has 120 valence electrons. The summed E-state index contributed by atoms with van der Waals surface area (Å²) in [5.74, 6) is -0.359. The Morgan fingerprint density at radius 1 is 1.43 bits per heavy atom. The first-order valence-electron chi connectivity index (χ1n) is 7.35. The predicted molar refractivity (Wildman–Crippen MR) is 81.8 cm³/mol. The predicted octanol–water partition coefficient (Wildman–Crippen LogP) is 1.82. The van der Waals surface area contributed by atoms with Crippen LogP contribution in [0.3, 0.4) is 0 Å². The lowest BCUT2D eigenvalue weighted by molar-refractivity contribution is -0.794. The summed E-state index contributed by atoms with van der Waals surface area (Å²) in [5.41, 5.74) is 5.50. The number of nitrogens with zero attached hydrogens (tertiary/aromatic N) is 1. The first-order valence-corrected chi connectivity index (χ1v) is 8.34. The molecule has 0 aliphatic carbocycles. The number of thioether (sulfide) groups is 1. The Morgan fingerprint density at radius 3 is 2.52 bits per heavy atom. The van der Waals surface area contributed by atoms with Crippen molar-refractivity contribution in [2.24, 2.45) is 11.7 Å². The van der Waals surface area contributed by atoms with Crippen LogP contribution < -0.4 is 5.73 Å². The van der Waals surface area contributed by atoms with Gasteiger partial charge in [0.25, 0.3) is 0 Å². The second kappa shape index (κ2) is 7.91. The van der Waals surface area contributed by atoms with E-state index >= 15 is 0 Å². The minimum absolute atomic E-state index is 0.0584. The van der Waals surface area contributed by atoms with Gasteiger partial charge in [-0.3, -0.25) is 4.79 Å². The van der Waals surface area contributed by atoms with E-state index in [4.69, 9.17) is 5.73 Å². The van der Waals surface area contributed by atoms with E-state index in [9.17, 15) is 19.5 Å². The number of hydrogen-bond acceptors (Lipinski definition) is 5. The molecule has 3 N–H and O–H groups in total. The highest BCUT2D eigenvalue weighted by atomic mass is 32.2. The summed E-state index contributed by atoms with van der Waals surface area (Å²) in [6.07, 6.45) is 1.60. The lowest BCUT2D eigenvalue weighted by atomic mass is 10.0. The number of carbonyl (C=O) groups is 3. The van der Waals surface area contributed by atoms with Crippen LogP contribution in [0.15, 0.2) is 0 Å². The maximum Gasteiger partial charge on any atom is 0.521 e. The van der Waals surface area contributed by atoms with E-state index in [-0.39, 0.29) is 17.1 Å². The summed E-state index contributed by atoms with van der Waals surface area (Å²) in [6.45, 7) is 4.07. The molecule has 7 heteroatoms. The summed E-state index contributed by atoms with van der Waals surface area (Å²) in [7, 11) is 0. The lowest BCUT2D eigenvalue weighted by Gasteiger charge is -2.32. The highest BCUT2D eigenvalue weighted by Crippen LogP contribution is 2.32. The fraction of sp³-hybridized carbons (Fsp3) is 0.786. The summed E-state index contributed by atoms with van der Waals surface area (Å²) in [5, 5.41) is 9.55. The second-order valence-electron chi connectivity index (χ2n) is 5.63. The number of carboxylic acid groups (broad SMARTS) is 1. The molecule has 0 aromatic carbocycles. The monoisotopic (exact) mass is 317 g/mol. The molecule has 3 atom stereocenters.